The van der Waals surface area contributed by atoms with E-state index in [9.17, 15) is 30.0 Å². The maximum atomic E-state index is 10.7. The summed E-state index contributed by atoms with van der Waals surface area (Å²) in [6.07, 6.45) is -3.39. The number of benzene rings is 2. The molecule has 0 radical (unpaired) electrons. The summed E-state index contributed by atoms with van der Waals surface area (Å²) in [6.45, 7) is 2.12. The maximum Gasteiger partial charge on any atom is 0.295 e. The van der Waals surface area contributed by atoms with Crippen LogP contribution in [0.1, 0.15) is 36.5 Å². The molecule has 0 aromatic heterocycles. The van der Waals surface area contributed by atoms with Gasteiger partial charge in [-0.15, -0.1) is 0 Å². The van der Waals surface area contributed by atoms with E-state index in [2.05, 4.69) is 10.1 Å². The molecular weight excluding hydrogens is 534 g/mol. The van der Waals surface area contributed by atoms with Crippen molar-refractivity contribution < 1.29 is 49.0 Å². The van der Waals surface area contributed by atoms with Crippen molar-refractivity contribution in [3.05, 3.63) is 64.2 Å². The molecule has 5 rings (SSSR count). The highest BCUT2D eigenvalue weighted by Gasteiger charge is 2.67. The van der Waals surface area contributed by atoms with Crippen molar-refractivity contribution in [2.45, 2.75) is 62.1 Å². The van der Waals surface area contributed by atoms with Crippen molar-refractivity contribution >= 4 is 24.0 Å². The predicted molar refractivity (Wildman–Crippen MR) is 137 cm³/mol. The van der Waals surface area contributed by atoms with E-state index in [1.807, 2.05) is 31.2 Å². The molecule has 0 spiro atoms. The summed E-state index contributed by atoms with van der Waals surface area (Å²) in [5.74, 6) is -0.979. The topological polar surface area (TPSA) is 164 Å². The summed E-state index contributed by atoms with van der Waals surface area (Å²) in [5.41, 5.74) is 0.719. The minimum atomic E-state index is -1.71. The molecule has 5 N–H and O–H groups in total. The van der Waals surface area contributed by atoms with Gasteiger partial charge in [0.2, 0.25) is 11.7 Å². The Balaban J connectivity index is 0.000000333. The maximum absolute atomic E-state index is 10.7. The molecule has 1 amide bonds. The fourth-order valence-corrected chi connectivity index (χ4v) is 5.03. The van der Waals surface area contributed by atoms with E-state index in [4.69, 9.17) is 25.8 Å². The van der Waals surface area contributed by atoms with Crippen LogP contribution < -0.4 is 10.1 Å². The van der Waals surface area contributed by atoms with Gasteiger partial charge in [-0.3, -0.25) is 9.59 Å². The standard InChI is InChI=1S/C22H25ClO7.C5H7NO3/c1-2-28-16-6-3-13(4-7-16)9-14-10-15(5-8-17(14)23)22-20(27)18(25)19(26)21(11-24,30-22)12-29-22;7-3-9-5-2-1-4(8)6-5/h3-8,10,18-20,24-27H,2,9,11-12H2,1H3;3,5H,1-2H2,(H,6,8)/t18-,19-,20+,21-,22-;5-/m01/s1. The van der Waals surface area contributed by atoms with Crippen LogP contribution in [0.2, 0.25) is 5.02 Å². The number of amides is 1. The number of halogens is 1. The summed E-state index contributed by atoms with van der Waals surface area (Å²) >= 11 is 6.41. The Morgan fingerprint density at radius 2 is 1.90 bits per heavy atom. The highest BCUT2D eigenvalue weighted by molar-refractivity contribution is 6.31. The molecule has 3 heterocycles. The van der Waals surface area contributed by atoms with Gasteiger partial charge in [-0.25, -0.2) is 0 Å². The van der Waals surface area contributed by atoms with E-state index < -0.39 is 36.3 Å². The van der Waals surface area contributed by atoms with E-state index in [-0.39, 0.29) is 18.7 Å². The first-order valence-electron chi connectivity index (χ1n) is 12.6. The zero-order valence-corrected chi connectivity index (χ0v) is 22.0. The molecule has 11 nitrogen and oxygen atoms in total. The number of hydrogen-bond acceptors (Lipinski definition) is 10. The summed E-state index contributed by atoms with van der Waals surface area (Å²) in [5, 5.41) is 44.1. The molecule has 2 aromatic rings. The number of ether oxygens (including phenoxy) is 4. The number of rotatable bonds is 8. The molecule has 3 saturated heterocycles. The second-order valence-corrected chi connectivity index (χ2v) is 9.96. The van der Waals surface area contributed by atoms with Gasteiger partial charge in [0.15, 0.2) is 6.23 Å². The van der Waals surface area contributed by atoms with Crippen LogP contribution in [-0.2, 0) is 36.0 Å². The van der Waals surface area contributed by atoms with Crippen LogP contribution in [0.25, 0.3) is 0 Å². The lowest BCUT2D eigenvalue weighted by molar-refractivity contribution is -0.329. The molecule has 3 aliphatic rings. The number of carbonyl (C=O) groups is 2. The summed E-state index contributed by atoms with van der Waals surface area (Å²) in [6, 6.07) is 12.7. The first-order chi connectivity index (χ1) is 18.7. The van der Waals surface area contributed by atoms with Crippen molar-refractivity contribution in [3.8, 4) is 5.75 Å². The number of carbonyl (C=O) groups excluding carboxylic acids is 2. The van der Waals surface area contributed by atoms with Gasteiger partial charge in [0.1, 0.15) is 29.7 Å². The normalized spacial score (nSPS) is 31.2. The molecule has 3 fully saturated rings. The van der Waals surface area contributed by atoms with Crippen molar-refractivity contribution in [2.24, 2.45) is 0 Å². The Morgan fingerprint density at radius 3 is 2.51 bits per heavy atom. The molecule has 212 valence electrons. The van der Waals surface area contributed by atoms with Gasteiger partial charge in [-0.1, -0.05) is 29.8 Å². The second kappa shape index (κ2) is 12.2. The monoisotopic (exact) mass is 565 g/mol. The van der Waals surface area contributed by atoms with E-state index >= 15 is 0 Å². The zero-order valence-electron chi connectivity index (χ0n) is 21.3. The third-order valence-electron chi connectivity index (χ3n) is 6.98. The van der Waals surface area contributed by atoms with Crippen molar-refractivity contribution in [2.75, 3.05) is 19.8 Å². The number of fused-ring (bicyclic) bond motifs is 2. The third kappa shape index (κ3) is 5.90. The van der Waals surface area contributed by atoms with Gasteiger partial charge >= 0.3 is 0 Å². The lowest BCUT2D eigenvalue weighted by atomic mass is 9.83. The lowest BCUT2D eigenvalue weighted by Crippen LogP contribution is -2.65. The Labute approximate surface area is 230 Å². The molecule has 2 aromatic carbocycles. The summed E-state index contributed by atoms with van der Waals surface area (Å²) in [4.78, 5) is 20.1. The second-order valence-electron chi connectivity index (χ2n) is 9.55. The third-order valence-corrected chi connectivity index (χ3v) is 7.35. The minimum absolute atomic E-state index is 0.0538. The number of aliphatic hydroxyl groups excluding tert-OH is 4. The lowest BCUT2D eigenvalue weighted by Gasteiger charge is -2.46. The Hall–Kier alpha value is -2.77. The van der Waals surface area contributed by atoms with Crippen LogP contribution in [0, 0.1) is 0 Å². The highest BCUT2D eigenvalue weighted by Crippen LogP contribution is 2.49. The van der Waals surface area contributed by atoms with Gasteiger partial charge in [0.25, 0.3) is 6.47 Å². The van der Waals surface area contributed by atoms with Crippen LogP contribution in [0.5, 0.6) is 5.75 Å². The van der Waals surface area contributed by atoms with Gasteiger partial charge in [0, 0.05) is 23.4 Å². The first kappa shape index (κ1) is 29.2. The number of hydrogen-bond donors (Lipinski definition) is 5. The van der Waals surface area contributed by atoms with Crippen LogP contribution >= 0.6 is 11.6 Å². The average molecular weight is 566 g/mol. The minimum Gasteiger partial charge on any atom is -0.494 e. The van der Waals surface area contributed by atoms with Crippen LogP contribution in [0.4, 0.5) is 0 Å². The van der Waals surface area contributed by atoms with E-state index in [0.29, 0.717) is 42.9 Å². The fourth-order valence-electron chi connectivity index (χ4n) is 4.85. The van der Waals surface area contributed by atoms with Crippen LogP contribution in [0.15, 0.2) is 42.5 Å². The smallest absolute Gasteiger partial charge is 0.295 e. The Kier molecular flexibility index (Phi) is 9.12. The number of aliphatic hydroxyl groups is 4. The summed E-state index contributed by atoms with van der Waals surface area (Å²) in [7, 11) is 0. The first-order valence-corrected chi connectivity index (χ1v) is 12.9. The molecule has 0 aliphatic carbocycles. The van der Waals surface area contributed by atoms with Gasteiger partial charge in [-0.2, -0.15) is 0 Å². The fraction of sp³-hybridized carbons (Fsp3) is 0.481. The zero-order chi connectivity index (χ0) is 28.2. The Bertz CT molecular complexity index is 1160. The van der Waals surface area contributed by atoms with Crippen LogP contribution in [0.3, 0.4) is 0 Å². The van der Waals surface area contributed by atoms with E-state index in [1.54, 1.807) is 18.2 Å². The quantitative estimate of drug-likeness (QED) is 0.288. The SMILES string of the molecule is CCOc1ccc(Cc2cc([C@]34OC[C@](CO)(O3)[C@@H](O)[C@H](O)[C@H]4O)ccc2Cl)cc1.O=CO[C@@H]1CCC(=O)N1. The average Bonchev–Trinajstić information content (AvgIpc) is 3.53. The van der Waals surface area contributed by atoms with Crippen molar-refractivity contribution in [3.63, 3.8) is 0 Å². The van der Waals surface area contributed by atoms with Gasteiger partial charge < -0.3 is 44.7 Å². The van der Waals surface area contributed by atoms with Gasteiger partial charge in [-0.05, 0) is 48.7 Å². The molecule has 3 aliphatic heterocycles. The number of nitrogens with one attached hydrogen (secondary N) is 1. The molecule has 12 heteroatoms. The summed E-state index contributed by atoms with van der Waals surface area (Å²) < 4.78 is 21.6. The van der Waals surface area contributed by atoms with Crippen LogP contribution in [-0.4, -0.2) is 82.8 Å². The van der Waals surface area contributed by atoms with Crippen molar-refractivity contribution in [1.82, 2.24) is 5.32 Å². The molecular formula is C27H32ClNO10. The highest BCUT2D eigenvalue weighted by atomic mass is 35.5. The molecule has 39 heavy (non-hydrogen) atoms. The molecule has 2 bridgehead atoms. The van der Waals surface area contributed by atoms with E-state index in [0.717, 1.165) is 16.9 Å². The largest absolute Gasteiger partial charge is 0.494 e. The molecule has 0 saturated carbocycles. The van der Waals surface area contributed by atoms with Gasteiger partial charge in [0.05, 0.1) is 19.8 Å². The predicted octanol–water partition coefficient (Wildman–Crippen LogP) is 0.752. The van der Waals surface area contributed by atoms with Crippen molar-refractivity contribution in [1.29, 1.82) is 0 Å². The van der Waals surface area contributed by atoms with E-state index in [1.165, 1.54) is 0 Å². The Morgan fingerprint density at radius 1 is 1.15 bits per heavy atom. The molecule has 0 unspecified atom stereocenters. The molecule has 6 atom stereocenters.